The summed E-state index contributed by atoms with van der Waals surface area (Å²) in [6, 6.07) is 5.54. The zero-order valence-electron chi connectivity index (χ0n) is 9.81. The van der Waals surface area contributed by atoms with Gasteiger partial charge in [-0.25, -0.2) is 4.57 Å². The number of benzene rings is 1. The van der Waals surface area contributed by atoms with Gasteiger partial charge in [-0.3, -0.25) is 4.52 Å². The highest BCUT2D eigenvalue weighted by Crippen LogP contribution is 2.58. The van der Waals surface area contributed by atoms with Gasteiger partial charge in [-0.1, -0.05) is 26.8 Å². The Labute approximate surface area is 95.1 Å². The normalized spacial score (nSPS) is 23.5. The molecule has 1 aromatic carbocycles. The molecule has 2 rings (SSSR count). The average molecular weight is 242 g/mol. The maximum Gasteiger partial charge on any atom is 0.587 e. The molecule has 5 heteroatoms. The summed E-state index contributed by atoms with van der Waals surface area (Å²) in [7, 11) is -2.10. The van der Waals surface area contributed by atoms with Crippen molar-refractivity contribution in [3.63, 3.8) is 0 Å². The molecule has 1 atom stereocenters. The smallest absolute Gasteiger partial charge is 0.391 e. The van der Waals surface area contributed by atoms with Gasteiger partial charge in [0.15, 0.2) is 11.5 Å². The Bertz CT molecular complexity index is 462. The topological polar surface area (TPSA) is 44.8 Å². The van der Waals surface area contributed by atoms with Gasteiger partial charge in [0.25, 0.3) is 0 Å². The molecule has 0 spiro atoms. The van der Waals surface area contributed by atoms with Crippen LogP contribution in [-0.4, -0.2) is 7.11 Å². The monoisotopic (exact) mass is 242 g/mol. The lowest BCUT2D eigenvalue weighted by Crippen LogP contribution is -2.10. The minimum atomic E-state index is -3.40. The fourth-order valence-electron chi connectivity index (χ4n) is 1.46. The third-order valence-corrected chi connectivity index (χ3v) is 3.74. The Kier molecular flexibility index (Phi) is 2.52. The van der Waals surface area contributed by atoms with E-state index in [1.54, 1.807) is 6.07 Å². The van der Waals surface area contributed by atoms with Crippen molar-refractivity contribution in [2.24, 2.45) is 0 Å². The summed E-state index contributed by atoms with van der Waals surface area (Å²) in [5, 5.41) is 0. The lowest BCUT2D eigenvalue weighted by molar-refractivity contribution is 0.275. The highest BCUT2D eigenvalue weighted by Gasteiger charge is 2.38. The van der Waals surface area contributed by atoms with E-state index < -0.39 is 7.82 Å². The van der Waals surface area contributed by atoms with E-state index in [1.165, 1.54) is 7.11 Å². The van der Waals surface area contributed by atoms with Crippen molar-refractivity contribution < 1.29 is 18.1 Å². The van der Waals surface area contributed by atoms with Gasteiger partial charge >= 0.3 is 7.82 Å². The molecule has 4 nitrogen and oxygen atoms in total. The van der Waals surface area contributed by atoms with E-state index in [0.717, 1.165) is 5.56 Å². The second kappa shape index (κ2) is 3.51. The van der Waals surface area contributed by atoms with E-state index >= 15 is 0 Å². The zero-order valence-corrected chi connectivity index (χ0v) is 10.7. The molecule has 0 amide bonds. The lowest BCUT2D eigenvalue weighted by atomic mass is 9.87. The van der Waals surface area contributed by atoms with Crippen LogP contribution in [0, 0.1) is 0 Å². The van der Waals surface area contributed by atoms with Gasteiger partial charge in [0.05, 0.1) is 0 Å². The summed E-state index contributed by atoms with van der Waals surface area (Å²) in [4.78, 5) is 0. The van der Waals surface area contributed by atoms with E-state index in [4.69, 9.17) is 13.6 Å². The van der Waals surface area contributed by atoms with Crippen LogP contribution in [-0.2, 0) is 14.5 Å². The molecule has 1 aliphatic heterocycles. The Hall–Kier alpha value is -0.990. The van der Waals surface area contributed by atoms with Crippen molar-refractivity contribution in [2.75, 3.05) is 7.11 Å². The van der Waals surface area contributed by atoms with Crippen molar-refractivity contribution in [2.45, 2.75) is 26.2 Å². The van der Waals surface area contributed by atoms with Crippen LogP contribution in [0.5, 0.6) is 11.5 Å². The predicted molar refractivity (Wildman–Crippen MR) is 61.0 cm³/mol. The number of hydrogen-bond donors (Lipinski definition) is 0. The first-order chi connectivity index (χ1) is 7.34. The Morgan fingerprint density at radius 3 is 2.38 bits per heavy atom. The van der Waals surface area contributed by atoms with Crippen molar-refractivity contribution >= 4 is 7.82 Å². The van der Waals surface area contributed by atoms with Crippen LogP contribution in [0.3, 0.4) is 0 Å². The van der Waals surface area contributed by atoms with Crippen LogP contribution in [0.4, 0.5) is 0 Å². The molecule has 0 saturated heterocycles. The molecule has 0 saturated carbocycles. The second-order valence-electron chi connectivity index (χ2n) is 4.72. The molecule has 1 heterocycles. The van der Waals surface area contributed by atoms with E-state index in [0.29, 0.717) is 11.5 Å². The van der Waals surface area contributed by atoms with E-state index in [1.807, 2.05) is 12.1 Å². The van der Waals surface area contributed by atoms with Crippen LogP contribution in [0.15, 0.2) is 18.2 Å². The van der Waals surface area contributed by atoms with Crippen LogP contribution in [0.2, 0.25) is 0 Å². The minimum absolute atomic E-state index is 0.0119. The molecule has 1 aromatic rings. The molecule has 0 fully saturated rings. The van der Waals surface area contributed by atoms with Crippen molar-refractivity contribution in [3.8, 4) is 11.5 Å². The molecule has 1 aliphatic rings. The van der Waals surface area contributed by atoms with Gasteiger partial charge < -0.3 is 9.05 Å². The van der Waals surface area contributed by atoms with E-state index in [9.17, 15) is 4.57 Å². The molecule has 88 valence electrons. The maximum absolute atomic E-state index is 11.7. The fourth-order valence-corrected chi connectivity index (χ4v) is 2.42. The summed E-state index contributed by atoms with van der Waals surface area (Å²) < 4.78 is 26.8. The van der Waals surface area contributed by atoms with Gasteiger partial charge in [-0.2, -0.15) is 0 Å². The Balaban J connectivity index is 2.39. The first kappa shape index (κ1) is 11.5. The van der Waals surface area contributed by atoms with Crippen LogP contribution < -0.4 is 9.05 Å². The predicted octanol–water partition coefficient (Wildman–Crippen LogP) is 3.51. The summed E-state index contributed by atoms with van der Waals surface area (Å²) in [6.07, 6.45) is 0. The number of phosphoric acid groups is 1. The van der Waals surface area contributed by atoms with Gasteiger partial charge in [-0.15, -0.1) is 0 Å². The van der Waals surface area contributed by atoms with Crippen molar-refractivity contribution in [1.82, 2.24) is 0 Å². The molecule has 0 aromatic heterocycles. The first-order valence-electron chi connectivity index (χ1n) is 5.03. The number of rotatable bonds is 1. The highest BCUT2D eigenvalue weighted by atomic mass is 31.2. The molecule has 16 heavy (non-hydrogen) atoms. The first-order valence-corrected chi connectivity index (χ1v) is 6.50. The maximum atomic E-state index is 11.7. The van der Waals surface area contributed by atoms with Gasteiger partial charge in [0.2, 0.25) is 0 Å². The Morgan fingerprint density at radius 1 is 1.19 bits per heavy atom. The van der Waals surface area contributed by atoms with E-state index in [2.05, 4.69) is 20.8 Å². The zero-order chi connectivity index (χ0) is 12.0. The van der Waals surface area contributed by atoms with Gasteiger partial charge in [0, 0.05) is 7.11 Å². The summed E-state index contributed by atoms with van der Waals surface area (Å²) in [5.41, 5.74) is 1.11. The molecule has 1 unspecified atom stereocenters. The second-order valence-corrected chi connectivity index (χ2v) is 6.35. The third kappa shape index (κ3) is 1.95. The summed E-state index contributed by atoms with van der Waals surface area (Å²) in [6.45, 7) is 6.29. The average Bonchev–Trinajstić information content (AvgIpc) is 2.52. The number of fused-ring (bicyclic) bond motifs is 1. The summed E-state index contributed by atoms with van der Waals surface area (Å²) >= 11 is 0. The number of phosphoric ester groups is 1. The third-order valence-electron chi connectivity index (χ3n) is 2.45. The standard InChI is InChI=1S/C11H15O4P/c1-11(2,3)8-5-6-9-10(7-8)15-16(12,13-4)14-9/h5-7H,1-4H3. The molecule has 0 N–H and O–H groups in total. The molecule has 0 radical (unpaired) electrons. The van der Waals surface area contributed by atoms with Crippen LogP contribution in [0.1, 0.15) is 26.3 Å². The quantitative estimate of drug-likeness (QED) is 0.707. The van der Waals surface area contributed by atoms with Gasteiger partial charge in [-0.05, 0) is 23.1 Å². The van der Waals surface area contributed by atoms with Gasteiger partial charge in [0.1, 0.15) is 0 Å². The molecular formula is C11H15O4P. The largest absolute Gasteiger partial charge is 0.587 e. The fraction of sp³-hybridized carbons (Fsp3) is 0.455. The van der Waals surface area contributed by atoms with Crippen LogP contribution >= 0.6 is 7.82 Å². The minimum Gasteiger partial charge on any atom is -0.391 e. The molecule has 0 bridgehead atoms. The summed E-state index contributed by atoms with van der Waals surface area (Å²) in [5.74, 6) is 0.954. The number of hydrogen-bond acceptors (Lipinski definition) is 4. The van der Waals surface area contributed by atoms with Crippen LogP contribution in [0.25, 0.3) is 0 Å². The highest BCUT2D eigenvalue weighted by molar-refractivity contribution is 7.49. The van der Waals surface area contributed by atoms with Crippen molar-refractivity contribution in [1.29, 1.82) is 0 Å². The van der Waals surface area contributed by atoms with E-state index in [-0.39, 0.29) is 5.41 Å². The van der Waals surface area contributed by atoms with Crippen molar-refractivity contribution in [3.05, 3.63) is 23.8 Å². The SMILES string of the molecule is COP1(=O)Oc2ccc(C(C)(C)C)cc2O1. The molecular weight excluding hydrogens is 227 g/mol. The lowest BCUT2D eigenvalue weighted by Gasteiger charge is -2.18. The Morgan fingerprint density at radius 2 is 1.81 bits per heavy atom. The molecule has 0 aliphatic carbocycles.